The first kappa shape index (κ1) is 15.7. The summed E-state index contributed by atoms with van der Waals surface area (Å²) in [4.78, 5) is 23.7. The molecule has 3 aromatic rings. The zero-order valence-electron chi connectivity index (χ0n) is 14.0. The number of halogens is 1. The van der Waals surface area contributed by atoms with Crippen molar-refractivity contribution in [3.63, 3.8) is 0 Å². The van der Waals surface area contributed by atoms with Gasteiger partial charge in [-0.2, -0.15) is 0 Å². The van der Waals surface area contributed by atoms with Gasteiger partial charge in [0.2, 0.25) is 0 Å². The summed E-state index contributed by atoms with van der Waals surface area (Å²) in [6.07, 6.45) is 6.33. The molecule has 0 bridgehead atoms. The van der Waals surface area contributed by atoms with Gasteiger partial charge < -0.3 is 4.90 Å². The summed E-state index contributed by atoms with van der Waals surface area (Å²) in [5.74, 6) is 0.266. The van der Waals surface area contributed by atoms with E-state index in [1.807, 2.05) is 22.3 Å². The third-order valence-electron chi connectivity index (χ3n) is 4.69. The second-order valence-electron chi connectivity index (χ2n) is 6.46. The van der Waals surface area contributed by atoms with Gasteiger partial charge in [-0.25, -0.2) is 14.4 Å². The summed E-state index contributed by atoms with van der Waals surface area (Å²) < 4.78 is 15.5. The lowest BCUT2D eigenvalue weighted by Gasteiger charge is -2.35. The number of hydrogen-bond acceptors (Lipinski definition) is 3. The number of amides is 1. The van der Waals surface area contributed by atoms with Crippen LogP contribution in [0.4, 0.5) is 4.39 Å². The maximum absolute atomic E-state index is 13.5. The second kappa shape index (κ2) is 6.27. The minimum absolute atomic E-state index is 0.138. The molecule has 1 aliphatic rings. The molecule has 0 N–H and O–H groups in total. The Hall–Kier alpha value is -2.76. The first-order chi connectivity index (χ1) is 12.1. The van der Waals surface area contributed by atoms with Crippen molar-refractivity contribution in [3.8, 4) is 0 Å². The lowest BCUT2D eigenvalue weighted by Crippen LogP contribution is -2.39. The Kier molecular flexibility index (Phi) is 3.95. The van der Waals surface area contributed by atoms with Crippen LogP contribution in [0.1, 0.15) is 47.2 Å². The molecule has 1 aromatic carbocycles. The van der Waals surface area contributed by atoms with Gasteiger partial charge in [0, 0.05) is 17.8 Å². The van der Waals surface area contributed by atoms with Crippen molar-refractivity contribution >= 4 is 11.4 Å². The summed E-state index contributed by atoms with van der Waals surface area (Å²) in [5, 5.41) is 0. The van der Waals surface area contributed by atoms with Gasteiger partial charge in [0.1, 0.15) is 18.0 Å². The van der Waals surface area contributed by atoms with Gasteiger partial charge in [0.25, 0.3) is 5.91 Å². The van der Waals surface area contributed by atoms with Crippen molar-refractivity contribution < 1.29 is 9.18 Å². The molecule has 25 heavy (non-hydrogen) atoms. The molecule has 1 aliphatic heterocycles. The highest BCUT2D eigenvalue weighted by Crippen LogP contribution is 2.31. The van der Waals surface area contributed by atoms with Crippen molar-refractivity contribution in [2.75, 3.05) is 6.54 Å². The van der Waals surface area contributed by atoms with E-state index in [1.165, 1.54) is 12.1 Å². The molecule has 0 radical (unpaired) electrons. The van der Waals surface area contributed by atoms with Gasteiger partial charge in [-0.05, 0) is 50.5 Å². The third kappa shape index (κ3) is 2.88. The zero-order chi connectivity index (χ0) is 17.4. The maximum Gasteiger partial charge on any atom is 0.254 e. The molecule has 3 heterocycles. The fraction of sp³-hybridized carbons (Fsp3) is 0.316. The van der Waals surface area contributed by atoms with Crippen LogP contribution in [0.15, 0.2) is 42.9 Å². The predicted octanol–water partition coefficient (Wildman–Crippen LogP) is 3.54. The molecule has 0 saturated carbocycles. The minimum Gasteiger partial charge on any atom is -0.328 e. The minimum atomic E-state index is -0.398. The normalized spacial score (nSPS) is 17.8. The van der Waals surface area contributed by atoms with Crippen molar-refractivity contribution in [1.29, 1.82) is 0 Å². The Bertz CT molecular complexity index is 936. The fourth-order valence-corrected chi connectivity index (χ4v) is 3.55. The van der Waals surface area contributed by atoms with E-state index in [9.17, 15) is 9.18 Å². The fourth-order valence-electron chi connectivity index (χ4n) is 3.55. The van der Waals surface area contributed by atoms with E-state index in [0.29, 0.717) is 12.1 Å². The molecule has 4 rings (SSSR count). The van der Waals surface area contributed by atoms with E-state index >= 15 is 0 Å². The molecule has 1 amide bonds. The van der Waals surface area contributed by atoms with Crippen LogP contribution in [-0.2, 0) is 0 Å². The molecule has 5 nitrogen and oxygen atoms in total. The topological polar surface area (TPSA) is 50.5 Å². The number of fused-ring (bicyclic) bond motifs is 1. The van der Waals surface area contributed by atoms with E-state index in [4.69, 9.17) is 4.98 Å². The summed E-state index contributed by atoms with van der Waals surface area (Å²) in [6, 6.07) is 7.71. The molecule has 1 saturated heterocycles. The predicted molar refractivity (Wildman–Crippen MR) is 91.8 cm³/mol. The van der Waals surface area contributed by atoms with E-state index in [-0.39, 0.29) is 11.9 Å². The molecule has 1 fully saturated rings. The van der Waals surface area contributed by atoms with E-state index in [1.54, 1.807) is 24.7 Å². The number of benzene rings is 1. The Labute approximate surface area is 145 Å². The number of carbonyl (C=O) groups excluding carboxylic acids is 1. The molecule has 6 heteroatoms. The maximum atomic E-state index is 13.5. The summed E-state index contributed by atoms with van der Waals surface area (Å²) >= 11 is 0. The molecular formula is C19H19FN4O. The van der Waals surface area contributed by atoms with Crippen molar-refractivity contribution in [2.24, 2.45) is 0 Å². The second-order valence-corrected chi connectivity index (χ2v) is 6.46. The largest absolute Gasteiger partial charge is 0.328 e. The number of piperidine rings is 1. The smallest absolute Gasteiger partial charge is 0.254 e. The van der Waals surface area contributed by atoms with Gasteiger partial charge in [-0.3, -0.25) is 9.20 Å². The van der Waals surface area contributed by atoms with Gasteiger partial charge in [-0.15, -0.1) is 0 Å². The number of rotatable bonds is 2. The van der Waals surface area contributed by atoms with Crippen LogP contribution in [0.5, 0.6) is 0 Å². The highest BCUT2D eigenvalue weighted by Gasteiger charge is 2.31. The number of carbonyl (C=O) groups is 1. The number of aromatic nitrogens is 3. The van der Waals surface area contributed by atoms with Gasteiger partial charge in [-0.1, -0.05) is 6.07 Å². The summed E-state index contributed by atoms with van der Waals surface area (Å²) in [6.45, 7) is 2.59. The number of hydrogen-bond donors (Lipinski definition) is 0. The zero-order valence-corrected chi connectivity index (χ0v) is 14.0. The van der Waals surface area contributed by atoms with E-state index in [0.717, 1.165) is 36.3 Å². The first-order valence-corrected chi connectivity index (χ1v) is 8.49. The lowest BCUT2D eigenvalue weighted by molar-refractivity contribution is 0.0597. The average molecular weight is 338 g/mol. The highest BCUT2D eigenvalue weighted by atomic mass is 19.1. The highest BCUT2D eigenvalue weighted by molar-refractivity contribution is 5.94. The quantitative estimate of drug-likeness (QED) is 0.718. The molecule has 128 valence electrons. The molecule has 1 unspecified atom stereocenters. The van der Waals surface area contributed by atoms with Crippen LogP contribution in [0.25, 0.3) is 5.52 Å². The number of imidazole rings is 1. The van der Waals surface area contributed by atoms with Gasteiger partial charge >= 0.3 is 0 Å². The van der Waals surface area contributed by atoms with Crippen LogP contribution in [0, 0.1) is 12.7 Å². The van der Waals surface area contributed by atoms with Crippen LogP contribution >= 0.6 is 0 Å². The van der Waals surface area contributed by atoms with Crippen LogP contribution in [-0.4, -0.2) is 31.7 Å². The van der Waals surface area contributed by atoms with E-state index < -0.39 is 5.82 Å². The molecule has 1 atom stereocenters. The standard InChI is InChI=1S/C19H19FN4O/c1-13-9-16-11-21-12-24(16)18(22-13)17-7-2-3-8-23(17)19(25)14-5-4-6-15(20)10-14/h4-6,9-12,17H,2-3,7-8H2,1H3. The Morgan fingerprint density at radius 2 is 2.16 bits per heavy atom. The van der Waals surface area contributed by atoms with Crippen LogP contribution in [0.3, 0.4) is 0 Å². The molecule has 0 spiro atoms. The number of aryl methyl sites for hydroxylation is 1. The van der Waals surface area contributed by atoms with Gasteiger partial charge in [0.15, 0.2) is 0 Å². The van der Waals surface area contributed by atoms with Gasteiger partial charge in [0.05, 0.1) is 17.8 Å². The Morgan fingerprint density at radius 1 is 1.28 bits per heavy atom. The molecule has 2 aromatic heterocycles. The SMILES string of the molecule is Cc1cc2cncn2c(C2CCCCN2C(=O)c2cccc(F)c2)n1. The summed E-state index contributed by atoms with van der Waals surface area (Å²) in [5.41, 5.74) is 2.24. The number of nitrogens with zero attached hydrogens (tertiary/aromatic N) is 4. The first-order valence-electron chi connectivity index (χ1n) is 8.49. The average Bonchev–Trinajstić information content (AvgIpc) is 3.08. The Balaban J connectivity index is 1.76. The van der Waals surface area contributed by atoms with E-state index in [2.05, 4.69) is 4.98 Å². The monoisotopic (exact) mass is 338 g/mol. The Morgan fingerprint density at radius 3 is 3.00 bits per heavy atom. The molecular weight excluding hydrogens is 319 g/mol. The number of likely N-dealkylation sites (tertiary alicyclic amines) is 1. The third-order valence-corrected chi connectivity index (χ3v) is 4.69. The van der Waals surface area contributed by atoms with Crippen LogP contribution in [0.2, 0.25) is 0 Å². The lowest BCUT2D eigenvalue weighted by atomic mass is 9.99. The van der Waals surface area contributed by atoms with Crippen molar-refractivity contribution in [1.82, 2.24) is 19.3 Å². The van der Waals surface area contributed by atoms with Crippen molar-refractivity contribution in [2.45, 2.75) is 32.2 Å². The summed E-state index contributed by atoms with van der Waals surface area (Å²) in [7, 11) is 0. The van der Waals surface area contributed by atoms with Crippen LogP contribution < -0.4 is 0 Å². The van der Waals surface area contributed by atoms with Crippen molar-refractivity contribution in [3.05, 3.63) is 65.8 Å². The molecule has 0 aliphatic carbocycles.